The maximum absolute atomic E-state index is 11.6. The molecule has 0 saturated carbocycles. The zero-order chi connectivity index (χ0) is 15.7. The fourth-order valence-electron chi connectivity index (χ4n) is 1.50. The van der Waals surface area contributed by atoms with Crippen LogP contribution in [0.1, 0.15) is 6.42 Å². The Labute approximate surface area is 123 Å². The van der Waals surface area contributed by atoms with Crippen LogP contribution in [0.5, 0.6) is 11.5 Å². The van der Waals surface area contributed by atoms with Gasteiger partial charge in [0.25, 0.3) is 0 Å². The van der Waals surface area contributed by atoms with E-state index < -0.39 is 5.97 Å². The van der Waals surface area contributed by atoms with E-state index >= 15 is 0 Å². The number of carboxylic acid groups (broad SMARTS) is 1. The van der Waals surface area contributed by atoms with Gasteiger partial charge in [0, 0.05) is 13.6 Å². The van der Waals surface area contributed by atoms with Crippen molar-refractivity contribution >= 4 is 12.0 Å². The summed E-state index contributed by atoms with van der Waals surface area (Å²) in [5, 5.41) is 11.2. The van der Waals surface area contributed by atoms with Gasteiger partial charge in [-0.25, -0.2) is 4.79 Å². The van der Waals surface area contributed by atoms with Crippen molar-refractivity contribution in [3.05, 3.63) is 24.3 Å². The first-order valence-electron chi connectivity index (χ1n) is 6.50. The number of nitrogens with zero attached hydrogens (tertiary/aromatic N) is 1. The van der Waals surface area contributed by atoms with Gasteiger partial charge < -0.3 is 24.8 Å². The van der Waals surface area contributed by atoms with Gasteiger partial charge in [0.1, 0.15) is 18.1 Å². The molecule has 0 heterocycles. The number of benzene rings is 1. The smallest absolute Gasteiger partial charge is 0.317 e. The largest absolute Gasteiger partial charge is 0.497 e. The number of urea groups is 1. The third kappa shape index (κ3) is 6.51. The SMILES string of the molecule is COc1ccc(OCCNC(=O)N(C)CCC(=O)O)cc1. The highest BCUT2D eigenvalue weighted by Crippen LogP contribution is 2.16. The Morgan fingerprint density at radius 3 is 2.43 bits per heavy atom. The second-order valence-corrected chi connectivity index (χ2v) is 4.32. The van der Waals surface area contributed by atoms with Crippen molar-refractivity contribution in [2.24, 2.45) is 0 Å². The molecule has 2 N–H and O–H groups in total. The molecule has 0 aromatic heterocycles. The summed E-state index contributed by atoms with van der Waals surface area (Å²) in [6, 6.07) is 6.80. The number of carbonyl (C=O) groups is 2. The second kappa shape index (κ2) is 8.68. The molecule has 0 spiro atoms. The quantitative estimate of drug-likeness (QED) is 0.704. The van der Waals surface area contributed by atoms with Crippen LogP contribution < -0.4 is 14.8 Å². The van der Waals surface area contributed by atoms with Crippen molar-refractivity contribution in [2.45, 2.75) is 6.42 Å². The van der Waals surface area contributed by atoms with Gasteiger partial charge in [-0.2, -0.15) is 0 Å². The minimum Gasteiger partial charge on any atom is -0.497 e. The summed E-state index contributed by atoms with van der Waals surface area (Å²) in [6.45, 7) is 0.827. The van der Waals surface area contributed by atoms with Crippen LogP contribution in [0.25, 0.3) is 0 Å². The monoisotopic (exact) mass is 296 g/mol. The van der Waals surface area contributed by atoms with Gasteiger partial charge >= 0.3 is 12.0 Å². The van der Waals surface area contributed by atoms with E-state index in [1.54, 1.807) is 38.4 Å². The van der Waals surface area contributed by atoms with Crippen LogP contribution in [0, 0.1) is 0 Å². The standard InChI is InChI=1S/C14H20N2O5/c1-16(9-7-13(17)18)14(19)15-8-10-21-12-5-3-11(20-2)4-6-12/h3-6H,7-10H2,1-2H3,(H,15,19)(H,17,18). The molecule has 0 aliphatic heterocycles. The molecule has 0 fully saturated rings. The molecular weight excluding hydrogens is 276 g/mol. The molecule has 0 unspecified atom stereocenters. The zero-order valence-electron chi connectivity index (χ0n) is 12.2. The topological polar surface area (TPSA) is 88.1 Å². The van der Waals surface area contributed by atoms with Crippen LogP contribution in [0.3, 0.4) is 0 Å². The van der Waals surface area contributed by atoms with Crippen molar-refractivity contribution in [3.8, 4) is 11.5 Å². The number of carboxylic acids is 1. The average molecular weight is 296 g/mol. The molecule has 1 aromatic carbocycles. The first kappa shape index (κ1) is 16.6. The zero-order valence-corrected chi connectivity index (χ0v) is 12.2. The van der Waals surface area contributed by atoms with E-state index in [0.29, 0.717) is 18.9 Å². The van der Waals surface area contributed by atoms with E-state index in [0.717, 1.165) is 5.75 Å². The van der Waals surface area contributed by atoms with Gasteiger partial charge in [0.2, 0.25) is 0 Å². The molecular formula is C14H20N2O5. The number of carbonyl (C=O) groups excluding carboxylic acids is 1. The van der Waals surface area contributed by atoms with Gasteiger partial charge in [0.15, 0.2) is 0 Å². The predicted octanol–water partition coefficient (Wildman–Crippen LogP) is 1.19. The van der Waals surface area contributed by atoms with E-state index in [1.165, 1.54) is 4.90 Å². The number of methoxy groups -OCH3 is 1. The van der Waals surface area contributed by atoms with Crippen molar-refractivity contribution in [1.29, 1.82) is 0 Å². The molecule has 0 bridgehead atoms. The number of nitrogens with one attached hydrogen (secondary N) is 1. The van der Waals surface area contributed by atoms with Gasteiger partial charge in [-0.1, -0.05) is 0 Å². The fraction of sp³-hybridized carbons (Fsp3) is 0.429. The lowest BCUT2D eigenvalue weighted by Crippen LogP contribution is -2.40. The summed E-state index contributed by atoms with van der Waals surface area (Å²) in [6.07, 6.45) is -0.0771. The van der Waals surface area contributed by atoms with Crippen molar-refractivity contribution in [2.75, 3.05) is 33.9 Å². The Balaban J connectivity index is 2.20. The van der Waals surface area contributed by atoms with Crippen LogP contribution in [0.2, 0.25) is 0 Å². The van der Waals surface area contributed by atoms with Gasteiger partial charge in [-0.15, -0.1) is 0 Å². The highest BCUT2D eigenvalue weighted by molar-refractivity contribution is 5.74. The lowest BCUT2D eigenvalue weighted by atomic mass is 10.3. The van der Waals surface area contributed by atoms with Gasteiger partial charge in [0.05, 0.1) is 20.1 Å². The van der Waals surface area contributed by atoms with E-state index in [-0.39, 0.29) is 19.0 Å². The maximum atomic E-state index is 11.6. The van der Waals surface area contributed by atoms with Gasteiger partial charge in [-0.05, 0) is 24.3 Å². The Hall–Kier alpha value is -2.44. The normalized spacial score (nSPS) is 9.81. The van der Waals surface area contributed by atoms with Crippen LogP contribution in [0.15, 0.2) is 24.3 Å². The van der Waals surface area contributed by atoms with E-state index in [1.807, 2.05) is 0 Å². The lowest BCUT2D eigenvalue weighted by molar-refractivity contribution is -0.137. The Morgan fingerprint density at radius 2 is 1.86 bits per heavy atom. The number of ether oxygens (including phenoxy) is 2. The molecule has 0 atom stereocenters. The molecule has 116 valence electrons. The second-order valence-electron chi connectivity index (χ2n) is 4.32. The van der Waals surface area contributed by atoms with Crippen LogP contribution in [-0.4, -0.2) is 55.9 Å². The molecule has 7 nitrogen and oxygen atoms in total. The van der Waals surface area contributed by atoms with Crippen molar-refractivity contribution in [3.63, 3.8) is 0 Å². The van der Waals surface area contributed by atoms with E-state index in [4.69, 9.17) is 14.6 Å². The molecule has 0 aliphatic rings. The third-order valence-corrected chi connectivity index (χ3v) is 2.71. The molecule has 1 aromatic rings. The molecule has 1 rings (SSSR count). The maximum Gasteiger partial charge on any atom is 0.317 e. The molecule has 0 radical (unpaired) electrons. The summed E-state index contributed by atoms with van der Waals surface area (Å²) in [5.74, 6) is 0.498. The summed E-state index contributed by atoms with van der Waals surface area (Å²) >= 11 is 0. The van der Waals surface area contributed by atoms with Crippen LogP contribution in [-0.2, 0) is 4.79 Å². The van der Waals surface area contributed by atoms with Gasteiger partial charge in [-0.3, -0.25) is 4.79 Å². The average Bonchev–Trinajstić information content (AvgIpc) is 2.49. The van der Waals surface area contributed by atoms with Crippen molar-refractivity contribution < 1.29 is 24.2 Å². The summed E-state index contributed by atoms with van der Waals surface area (Å²) < 4.78 is 10.5. The molecule has 21 heavy (non-hydrogen) atoms. The minimum absolute atomic E-state index is 0.0771. The predicted molar refractivity (Wildman–Crippen MR) is 76.8 cm³/mol. The highest BCUT2D eigenvalue weighted by atomic mass is 16.5. The van der Waals surface area contributed by atoms with Crippen molar-refractivity contribution in [1.82, 2.24) is 10.2 Å². The minimum atomic E-state index is -0.933. The summed E-state index contributed by atoms with van der Waals surface area (Å²) in [5.41, 5.74) is 0. The fourth-order valence-corrected chi connectivity index (χ4v) is 1.50. The van der Waals surface area contributed by atoms with E-state index in [9.17, 15) is 9.59 Å². The third-order valence-electron chi connectivity index (χ3n) is 2.71. The van der Waals surface area contributed by atoms with Crippen LogP contribution in [0.4, 0.5) is 4.79 Å². The Kier molecular flexibility index (Phi) is 6.86. The number of aliphatic carboxylic acids is 1. The summed E-state index contributed by atoms with van der Waals surface area (Å²) in [7, 11) is 3.13. The lowest BCUT2D eigenvalue weighted by Gasteiger charge is -2.17. The highest BCUT2D eigenvalue weighted by Gasteiger charge is 2.09. The number of hydrogen-bond donors (Lipinski definition) is 2. The molecule has 2 amide bonds. The Bertz CT molecular complexity index is 461. The number of hydrogen-bond acceptors (Lipinski definition) is 4. The Morgan fingerprint density at radius 1 is 1.24 bits per heavy atom. The van der Waals surface area contributed by atoms with Crippen LogP contribution >= 0.6 is 0 Å². The first-order chi connectivity index (χ1) is 10.0. The summed E-state index contributed by atoms with van der Waals surface area (Å²) in [4.78, 5) is 23.3. The number of rotatable bonds is 8. The first-order valence-corrected chi connectivity index (χ1v) is 6.50. The number of amides is 2. The molecule has 7 heteroatoms. The molecule has 0 aliphatic carbocycles. The van der Waals surface area contributed by atoms with E-state index in [2.05, 4.69) is 5.32 Å². The molecule has 0 saturated heterocycles.